The van der Waals surface area contributed by atoms with E-state index >= 15 is 0 Å². The van der Waals surface area contributed by atoms with Crippen LogP contribution in [-0.2, 0) is 0 Å². The summed E-state index contributed by atoms with van der Waals surface area (Å²) in [6.07, 6.45) is 0. The molecule has 7 heteroatoms. The van der Waals surface area contributed by atoms with Gasteiger partial charge in [0.1, 0.15) is 11.3 Å². The van der Waals surface area contributed by atoms with Crippen LogP contribution in [0.15, 0.2) is 28.7 Å². The molecule has 3 rings (SSSR count). The molecule has 0 saturated carbocycles. The third-order valence-electron chi connectivity index (χ3n) is 2.70. The lowest BCUT2D eigenvalue weighted by Crippen LogP contribution is -2.02. The highest BCUT2D eigenvalue weighted by Crippen LogP contribution is 2.30. The maximum atomic E-state index is 6.20. The van der Waals surface area contributed by atoms with Crippen molar-refractivity contribution in [2.24, 2.45) is 0 Å². The fraction of sp³-hybridized carbons (Fsp3) is 0.0833. The molecular weight excluding hydrogens is 330 g/mol. The van der Waals surface area contributed by atoms with Crippen molar-refractivity contribution < 1.29 is 0 Å². The van der Waals surface area contributed by atoms with Crippen LogP contribution in [0.3, 0.4) is 0 Å². The van der Waals surface area contributed by atoms with Gasteiger partial charge in [-0.15, -0.1) is 0 Å². The third-order valence-corrected chi connectivity index (χ3v) is 3.64. The van der Waals surface area contributed by atoms with Gasteiger partial charge in [-0.2, -0.15) is 4.98 Å². The Balaban J connectivity index is 2.42. The number of benzene rings is 1. The van der Waals surface area contributed by atoms with Gasteiger partial charge in [-0.05, 0) is 35.0 Å². The number of para-hydroxylation sites is 1. The highest BCUT2D eigenvalue weighted by molar-refractivity contribution is 9.10. The molecule has 19 heavy (non-hydrogen) atoms. The maximum absolute atomic E-state index is 6.20. The summed E-state index contributed by atoms with van der Waals surface area (Å²) in [7, 11) is 0. The highest BCUT2D eigenvalue weighted by Gasteiger charge is 2.17. The Hall–Kier alpha value is -1.66. The average Bonchev–Trinajstić information content (AvgIpc) is 2.66. The molecule has 0 aliphatic heterocycles. The molecule has 0 saturated heterocycles. The van der Waals surface area contributed by atoms with Crippen molar-refractivity contribution in [1.82, 2.24) is 19.5 Å². The van der Waals surface area contributed by atoms with E-state index in [1.165, 1.54) is 0 Å². The third kappa shape index (κ3) is 1.97. The molecule has 0 aliphatic rings. The van der Waals surface area contributed by atoms with Gasteiger partial charge in [-0.25, -0.2) is 9.97 Å². The van der Waals surface area contributed by atoms with Crippen molar-refractivity contribution in [3.8, 4) is 5.69 Å². The summed E-state index contributed by atoms with van der Waals surface area (Å²) in [6.45, 7) is 1.76. The van der Waals surface area contributed by atoms with E-state index in [9.17, 15) is 0 Å². The predicted molar refractivity (Wildman–Crippen MR) is 78.5 cm³/mol. The van der Waals surface area contributed by atoms with Crippen molar-refractivity contribution in [3.05, 3.63) is 39.7 Å². The van der Waals surface area contributed by atoms with Gasteiger partial charge in [0.05, 0.1) is 5.69 Å². The Morgan fingerprint density at radius 3 is 2.68 bits per heavy atom. The first-order valence-electron chi connectivity index (χ1n) is 5.51. The second-order valence-electron chi connectivity index (χ2n) is 3.99. The van der Waals surface area contributed by atoms with Gasteiger partial charge >= 0.3 is 0 Å². The van der Waals surface area contributed by atoms with E-state index in [2.05, 4.69) is 30.9 Å². The molecule has 2 aromatic heterocycles. The van der Waals surface area contributed by atoms with Gasteiger partial charge in [0.15, 0.2) is 10.8 Å². The molecule has 5 nitrogen and oxygen atoms in total. The van der Waals surface area contributed by atoms with Crippen LogP contribution in [-0.4, -0.2) is 19.5 Å². The number of halogens is 2. The number of hydrogen-bond acceptors (Lipinski definition) is 4. The number of aromatic nitrogens is 4. The average molecular weight is 339 g/mol. The van der Waals surface area contributed by atoms with E-state index in [0.717, 1.165) is 10.2 Å². The van der Waals surface area contributed by atoms with Crippen molar-refractivity contribution in [3.63, 3.8) is 0 Å². The topological polar surface area (TPSA) is 69.6 Å². The highest BCUT2D eigenvalue weighted by atomic mass is 79.9. The lowest BCUT2D eigenvalue weighted by molar-refractivity contribution is 1.06. The Morgan fingerprint density at radius 2 is 1.95 bits per heavy atom. The molecule has 0 amide bonds. The van der Waals surface area contributed by atoms with Crippen LogP contribution >= 0.6 is 27.5 Å². The van der Waals surface area contributed by atoms with E-state index < -0.39 is 0 Å². The molecule has 0 fully saturated rings. The van der Waals surface area contributed by atoms with Crippen LogP contribution in [0.4, 0.5) is 5.95 Å². The second kappa shape index (κ2) is 4.47. The molecule has 96 valence electrons. The minimum Gasteiger partial charge on any atom is -0.369 e. The first kappa shape index (κ1) is 12.4. The number of hydrogen-bond donors (Lipinski definition) is 1. The minimum absolute atomic E-state index is 0.323. The summed E-state index contributed by atoms with van der Waals surface area (Å²) in [5.41, 5.74) is 7.92. The Labute approximate surface area is 122 Å². The second-order valence-corrected chi connectivity index (χ2v) is 5.20. The molecule has 0 spiro atoms. The zero-order valence-corrected chi connectivity index (χ0v) is 12.3. The summed E-state index contributed by atoms with van der Waals surface area (Å²) in [4.78, 5) is 12.6. The normalized spacial score (nSPS) is 11.1. The zero-order valence-electron chi connectivity index (χ0n) is 9.93. The molecule has 2 heterocycles. The molecule has 0 unspecified atom stereocenters. The summed E-state index contributed by atoms with van der Waals surface area (Å²) in [5, 5.41) is 0.336. The quantitative estimate of drug-likeness (QED) is 0.692. The van der Waals surface area contributed by atoms with E-state index in [-0.39, 0.29) is 0 Å². The summed E-state index contributed by atoms with van der Waals surface area (Å²) >= 11 is 9.69. The van der Waals surface area contributed by atoms with Gasteiger partial charge in [0.25, 0.3) is 0 Å². The SMILES string of the molecule is Cc1nc(Cl)c2c(n1)nc(N)n2-c1ccccc1Br. The van der Waals surface area contributed by atoms with Crippen LogP contribution in [0.1, 0.15) is 5.82 Å². The first-order chi connectivity index (χ1) is 9.08. The van der Waals surface area contributed by atoms with Gasteiger partial charge < -0.3 is 5.73 Å². The fourth-order valence-electron chi connectivity index (χ4n) is 1.94. The number of nitrogens with zero attached hydrogens (tertiary/aromatic N) is 4. The molecule has 0 atom stereocenters. The van der Waals surface area contributed by atoms with Crippen molar-refractivity contribution in [1.29, 1.82) is 0 Å². The zero-order chi connectivity index (χ0) is 13.6. The number of rotatable bonds is 1. The number of anilines is 1. The molecule has 0 radical (unpaired) electrons. The standard InChI is InChI=1S/C12H9BrClN5/c1-6-16-10(14)9-11(17-6)18-12(15)19(9)8-5-3-2-4-7(8)13/h2-5H,1H3,(H2,15,16,17,18). The van der Waals surface area contributed by atoms with Crippen LogP contribution in [0.2, 0.25) is 5.15 Å². The smallest absolute Gasteiger partial charge is 0.207 e. The summed E-state index contributed by atoms with van der Waals surface area (Å²) in [6, 6.07) is 7.67. The van der Waals surface area contributed by atoms with Crippen LogP contribution < -0.4 is 5.73 Å². The number of nitrogens with two attached hydrogens (primary N) is 1. The van der Waals surface area contributed by atoms with Gasteiger partial charge in [-0.3, -0.25) is 4.57 Å². The minimum atomic E-state index is 0.323. The summed E-state index contributed by atoms with van der Waals surface area (Å²) in [5.74, 6) is 0.887. The Morgan fingerprint density at radius 1 is 1.21 bits per heavy atom. The predicted octanol–water partition coefficient (Wildman–Crippen LogP) is 3.12. The van der Waals surface area contributed by atoms with E-state index in [1.54, 1.807) is 11.5 Å². The number of imidazole rings is 1. The van der Waals surface area contributed by atoms with Crippen LogP contribution in [0.25, 0.3) is 16.9 Å². The fourth-order valence-corrected chi connectivity index (χ4v) is 2.69. The van der Waals surface area contributed by atoms with Crippen LogP contribution in [0.5, 0.6) is 0 Å². The van der Waals surface area contributed by atoms with E-state index in [4.69, 9.17) is 17.3 Å². The molecule has 3 aromatic rings. The first-order valence-corrected chi connectivity index (χ1v) is 6.68. The van der Waals surface area contributed by atoms with Crippen molar-refractivity contribution in [2.75, 3.05) is 5.73 Å². The molecule has 2 N–H and O–H groups in total. The Kier molecular flexibility index (Phi) is 2.91. The lowest BCUT2D eigenvalue weighted by atomic mass is 10.3. The van der Waals surface area contributed by atoms with Crippen LogP contribution in [0, 0.1) is 6.92 Å². The number of fused-ring (bicyclic) bond motifs is 1. The Bertz CT molecular complexity index is 783. The molecule has 0 bridgehead atoms. The van der Waals surface area contributed by atoms with E-state index in [1.807, 2.05) is 24.3 Å². The van der Waals surface area contributed by atoms with Gasteiger partial charge in [0.2, 0.25) is 5.95 Å². The molecular formula is C12H9BrClN5. The maximum Gasteiger partial charge on any atom is 0.207 e. The lowest BCUT2D eigenvalue weighted by Gasteiger charge is -2.08. The summed E-state index contributed by atoms with van der Waals surface area (Å²) < 4.78 is 2.62. The van der Waals surface area contributed by atoms with Crippen molar-refractivity contribution in [2.45, 2.75) is 6.92 Å². The largest absolute Gasteiger partial charge is 0.369 e. The monoisotopic (exact) mass is 337 g/mol. The van der Waals surface area contributed by atoms with E-state index in [0.29, 0.717) is 28.1 Å². The van der Waals surface area contributed by atoms with Crippen molar-refractivity contribution >= 4 is 44.6 Å². The van der Waals surface area contributed by atoms with Gasteiger partial charge in [0, 0.05) is 4.47 Å². The molecule has 1 aromatic carbocycles. The number of aryl methyl sites for hydroxylation is 1. The number of nitrogen functional groups attached to an aromatic ring is 1. The van der Waals surface area contributed by atoms with Gasteiger partial charge in [-0.1, -0.05) is 23.7 Å². The molecule has 0 aliphatic carbocycles.